The zero-order chi connectivity index (χ0) is 12.2. The number of rotatable bonds is 4. The van der Waals surface area contributed by atoms with Gasteiger partial charge in [-0.05, 0) is 18.6 Å². The number of hydrogen-bond acceptors (Lipinski definition) is 5. The van der Waals surface area contributed by atoms with Crippen LogP contribution >= 0.6 is 0 Å². The molecule has 2 aromatic rings. The van der Waals surface area contributed by atoms with Crippen LogP contribution in [0, 0.1) is 0 Å². The highest BCUT2D eigenvalue weighted by Crippen LogP contribution is 2.16. The molecule has 1 aliphatic rings. The molecule has 5 heteroatoms. The Balaban J connectivity index is 1.63. The summed E-state index contributed by atoms with van der Waals surface area (Å²) in [6.07, 6.45) is 1.04. The van der Waals surface area contributed by atoms with Gasteiger partial charge < -0.3 is 14.5 Å². The Morgan fingerprint density at radius 1 is 1.22 bits per heavy atom. The van der Waals surface area contributed by atoms with Gasteiger partial charge in [-0.15, -0.1) is 10.2 Å². The molecule has 0 spiro atoms. The second-order valence-electron chi connectivity index (χ2n) is 4.31. The van der Waals surface area contributed by atoms with Crippen molar-refractivity contribution in [2.24, 2.45) is 0 Å². The Morgan fingerprint density at radius 3 is 2.89 bits per heavy atom. The molecule has 1 N–H and O–H groups in total. The molecular weight excluding hydrogens is 230 g/mol. The second kappa shape index (κ2) is 5.29. The Labute approximate surface area is 105 Å². The van der Waals surface area contributed by atoms with E-state index >= 15 is 0 Å². The summed E-state index contributed by atoms with van der Waals surface area (Å²) in [4.78, 5) is 0. The van der Waals surface area contributed by atoms with Crippen LogP contribution in [0.15, 0.2) is 34.7 Å². The Bertz CT molecular complexity index is 492. The maximum atomic E-state index is 5.60. The largest absolute Gasteiger partial charge is 0.419 e. The third-order valence-electron chi connectivity index (χ3n) is 2.96. The van der Waals surface area contributed by atoms with Crippen LogP contribution < -0.4 is 5.32 Å². The fraction of sp³-hybridized carbons (Fsp3) is 0.385. The molecule has 5 nitrogen and oxygen atoms in total. The van der Waals surface area contributed by atoms with Crippen LogP contribution in [0.1, 0.15) is 12.3 Å². The maximum absolute atomic E-state index is 5.60. The molecule has 3 rings (SSSR count). The SMILES string of the molecule is c1ccc(-c2nnc(CNC3CCOC3)o2)cc1. The highest BCUT2D eigenvalue weighted by molar-refractivity contribution is 5.51. The van der Waals surface area contributed by atoms with E-state index in [4.69, 9.17) is 9.15 Å². The van der Waals surface area contributed by atoms with Gasteiger partial charge in [-0.3, -0.25) is 0 Å². The number of benzene rings is 1. The van der Waals surface area contributed by atoms with Crippen molar-refractivity contribution in [2.45, 2.75) is 19.0 Å². The zero-order valence-electron chi connectivity index (χ0n) is 10.0. The van der Waals surface area contributed by atoms with Gasteiger partial charge in [0.05, 0.1) is 13.2 Å². The summed E-state index contributed by atoms with van der Waals surface area (Å²) in [5, 5.41) is 11.4. The zero-order valence-corrected chi connectivity index (χ0v) is 10.0. The van der Waals surface area contributed by atoms with Crippen molar-refractivity contribution in [1.29, 1.82) is 0 Å². The van der Waals surface area contributed by atoms with Gasteiger partial charge in [-0.1, -0.05) is 18.2 Å². The number of nitrogens with zero attached hydrogens (tertiary/aromatic N) is 2. The van der Waals surface area contributed by atoms with Gasteiger partial charge in [0.2, 0.25) is 11.8 Å². The lowest BCUT2D eigenvalue weighted by Gasteiger charge is -2.06. The molecule has 94 valence electrons. The van der Waals surface area contributed by atoms with Crippen LogP contribution in [0.2, 0.25) is 0 Å². The summed E-state index contributed by atoms with van der Waals surface area (Å²) in [6.45, 7) is 2.18. The number of nitrogens with one attached hydrogen (secondary N) is 1. The molecule has 0 amide bonds. The molecule has 0 radical (unpaired) electrons. The highest BCUT2D eigenvalue weighted by atomic mass is 16.5. The van der Waals surface area contributed by atoms with Crippen LogP contribution in [-0.4, -0.2) is 29.5 Å². The summed E-state index contributed by atoms with van der Waals surface area (Å²) in [6, 6.07) is 10.2. The number of hydrogen-bond donors (Lipinski definition) is 1. The van der Waals surface area contributed by atoms with Crippen LogP contribution in [0.25, 0.3) is 11.5 Å². The van der Waals surface area contributed by atoms with E-state index in [1.54, 1.807) is 0 Å². The topological polar surface area (TPSA) is 60.2 Å². The normalized spacial score (nSPS) is 19.2. The van der Waals surface area contributed by atoms with E-state index in [0.717, 1.165) is 25.2 Å². The molecule has 1 aromatic carbocycles. The lowest BCUT2D eigenvalue weighted by Crippen LogP contribution is -2.28. The predicted octanol–water partition coefficient (Wildman–Crippen LogP) is 1.62. The molecule has 18 heavy (non-hydrogen) atoms. The van der Waals surface area contributed by atoms with Crippen LogP contribution in [0.5, 0.6) is 0 Å². The third-order valence-corrected chi connectivity index (χ3v) is 2.96. The fourth-order valence-corrected chi connectivity index (χ4v) is 1.95. The molecule has 1 aromatic heterocycles. The predicted molar refractivity (Wildman–Crippen MR) is 65.8 cm³/mol. The molecule has 1 aliphatic heterocycles. The van der Waals surface area contributed by atoms with Crippen molar-refractivity contribution in [3.63, 3.8) is 0 Å². The summed E-state index contributed by atoms with van der Waals surface area (Å²) in [5.41, 5.74) is 0.945. The molecule has 1 atom stereocenters. The van der Waals surface area contributed by atoms with E-state index in [-0.39, 0.29) is 0 Å². The van der Waals surface area contributed by atoms with Gasteiger partial charge in [0.15, 0.2) is 0 Å². The van der Waals surface area contributed by atoms with Gasteiger partial charge in [0.25, 0.3) is 0 Å². The van der Waals surface area contributed by atoms with E-state index in [1.165, 1.54) is 0 Å². The molecule has 1 unspecified atom stereocenters. The van der Waals surface area contributed by atoms with Crippen molar-refractivity contribution in [2.75, 3.05) is 13.2 Å². The summed E-state index contributed by atoms with van der Waals surface area (Å²) in [5.74, 6) is 1.18. The Hall–Kier alpha value is -1.72. The second-order valence-corrected chi connectivity index (χ2v) is 4.31. The van der Waals surface area contributed by atoms with Crippen LogP contribution in [-0.2, 0) is 11.3 Å². The maximum Gasteiger partial charge on any atom is 0.247 e. The summed E-state index contributed by atoms with van der Waals surface area (Å²) in [7, 11) is 0. The minimum Gasteiger partial charge on any atom is -0.419 e. The molecule has 0 saturated carbocycles. The molecule has 0 aliphatic carbocycles. The Kier molecular flexibility index (Phi) is 3.34. The highest BCUT2D eigenvalue weighted by Gasteiger charge is 2.16. The molecule has 1 fully saturated rings. The Morgan fingerprint density at radius 2 is 2.11 bits per heavy atom. The van der Waals surface area contributed by atoms with Crippen LogP contribution in [0.4, 0.5) is 0 Å². The van der Waals surface area contributed by atoms with Gasteiger partial charge >= 0.3 is 0 Å². The lowest BCUT2D eigenvalue weighted by atomic mass is 10.2. The summed E-state index contributed by atoms with van der Waals surface area (Å²) < 4.78 is 10.9. The molecule has 2 heterocycles. The summed E-state index contributed by atoms with van der Waals surface area (Å²) >= 11 is 0. The van der Waals surface area contributed by atoms with Crippen molar-refractivity contribution >= 4 is 0 Å². The van der Waals surface area contributed by atoms with Crippen molar-refractivity contribution in [3.8, 4) is 11.5 Å². The fourth-order valence-electron chi connectivity index (χ4n) is 1.95. The first-order valence-corrected chi connectivity index (χ1v) is 6.11. The van der Waals surface area contributed by atoms with Crippen molar-refractivity contribution in [1.82, 2.24) is 15.5 Å². The van der Waals surface area contributed by atoms with Crippen LogP contribution in [0.3, 0.4) is 0 Å². The van der Waals surface area contributed by atoms with Gasteiger partial charge in [-0.2, -0.15) is 0 Å². The minimum absolute atomic E-state index is 0.400. The first-order chi connectivity index (χ1) is 8.92. The quantitative estimate of drug-likeness (QED) is 0.886. The monoisotopic (exact) mass is 245 g/mol. The smallest absolute Gasteiger partial charge is 0.247 e. The van der Waals surface area contributed by atoms with E-state index in [0.29, 0.717) is 24.4 Å². The standard InChI is InChI=1S/C13H15N3O2/c1-2-4-10(5-3-1)13-16-15-12(18-13)8-14-11-6-7-17-9-11/h1-5,11,14H,6-9H2. The van der Waals surface area contributed by atoms with E-state index < -0.39 is 0 Å². The first-order valence-electron chi connectivity index (χ1n) is 6.11. The third kappa shape index (κ3) is 2.57. The van der Waals surface area contributed by atoms with Gasteiger partial charge in [0.1, 0.15) is 0 Å². The van der Waals surface area contributed by atoms with Crippen molar-refractivity contribution < 1.29 is 9.15 Å². The van der Waals surface area contributed by atoms with E-state index in [1.807, 2.05) is 30.3 Å². The molecular formula is C13H15N3O2. The van der Waals surface area contributed by atoms with Gasteiger partial charge in [-0.25, -0.2) is 0 Å². The van der Waals surface area contributed by atoms with E-state index in [2.05, 4.69) is 15.5 Å². The first kappa shape index (κ1) is 11.4. The lowest BCUT2D eigenvalue weighted by molar-refractivity contribution is 0.189. The minimum atomic E-state index is 0.400. The number of aromatic nitrogens is 2. The average molecular weight is 245 g/mol. The van der Waals surface area contributed by atoms with Gasteiger partial charge in [0, 0.05) is 18.2 Å². The average Bonchev–Trinajstić information content (AvgIpc) is 3.09. The molecule has 1 saturated heterocycles. The van der Waals surface area contributed by atoms with E-state index in [9.17, 15) is 0 Å². The number of ether oxygens (including phenoxy) is 1. The molecule has 0 bridgehead atoms. The van der Waals surface area contributed by atoms with Crippen molar-refractivity contribution in [3.05, 3.63) is 36.2 Å².